The first-order valence-electron chi connectivity index (χ1n) is 8.93. The second-order valence-electron chi connectivity index (χ2n) is 7.10. The molecule has 2 N–H and O–H groups in total. The van der Waals surface area contributed by atoms with Crippen molar-refractivity contribution < 1.29 is 9.90 Å². The van der Waals surface area contributed by atoms with Gasteiger partial charge in [0.15, 0.2) is 5.82 Å². The van der Waals surface area contributed by atoms with Crippen LogP contribution in [0.5, 0.6) is 0 Å². The van der Waals surface area contributed by atoms with Crippen molar-refractivity contribution in [3.63, 3.8) is 0 Å². The van der Waals surface area contributed by atoms with Crippen LogP contribution in [0.3, 0.4) is 0 Å². The Morgan fingerprint density at radius 1 is 1.28 bits per heavy atom. The Labute approximate surface area is 148 Å². The average molecular weight is 342 g/mol. The molecule has 0 aromatic carbocycles. The quantitative estimate of drug-likeness (QED) is 0.875. The number of hydrogen-bond acceptors (Lipinski definition) is 4. The fraction of sp³-hybridized carbons (Fsp3) is 0.526. The summed E-state index contributed by atoms with van der Waals surface area (Å²) < 4.78 is 1.80. The van der Waals surface area contributed by atoms with E-state index in [-0.39, 0.29) is 12.3 Å². The summed E-state index contributed by atoms with van der Waals surface area (Å²) in [6.07, 6.45) is 6.53. The molecule has 3 rings (SSSR count). The van der Waals surface area contributed by atoms with E-state index in [0.717, 1.165) is 54.9 Å². The van der Waals surface area contributed by atoms with Gasteiger partial charge in [0.05, 0.1) is 17.7 Å². The molecule has 1 fully saturated rings. The van der Waals surface area contributed by atoms with Gasteiger partial charge < -0.3 is 10.4 Å². The van der Waals surface area contributed by atoms with Crippen molar-refractivity contribution in [2.45, 2.75) is 64.5 Å². The second-order valence-corrected chi connectivity index (χ2v) is 7.10. The van der Waals surface area contributed by atoms with Crippen molar-refractivity contribution in [2.75, 3.05) is 0 Å². The summed E-state index contributed by atoms with van der Waals surface area (Å²) >= 11 is 0. The van der Waals surface area contributed by atoms with Crippen LogP contribution in [0.4, 0.5) is 0 Å². The normalized spacial score (nSPS) is 16.6. The van der Waals surface area contributed by atoms with Crippen LogP contribution in [0, 0.1) is 13.8 Å². The van der Waals surface area contributed by atoms with E-state index >= 15 is 0 Å². The molecule has 2 aromatic rings. The van der Waals surface area contributed by atoms with Crippen molar-refractivity contribution in [2.24, 2.45) is 0 Å². The minimum absolute atomic E-state index is 0.105. The lowest BCUT2D eigenvalue weighted by atomic mass is 9.82. The Bertz CT molecular complexity index is 730. The molecule has 25 heavy (non-hydrogen) atoms. The van der Waals surface area contributed by atoms with Crippen LogP contribution in [-0.2, 0) is 11.3 Å². The Morgan fingerprint density at radius 2 is 2.04 bits per heavy atom. The third-order valence-electron chi connectivity index (χ3n) is 4.80. The molecule has 0 aliphatic heterocycles. The summed E-state index contributed by atoms with van der Waals surface area (Å²) in [5.74, 6) is 0.657. The van der Waals surface area contributed by atoms with Gasteiger partial charge in [0.2, 0.25) is 5.91 Å². The second kappa shape index (κ2) is 7.35. The lowest BCUT2D eigenvalue weighted by Crippen LogP contribution is -2.38. The molecule has 2 heterocycles. The highest BCUT2D eigenvalue weighted by molar-refractivity contribution is 5.77. The molecule has 1 aliphatic carbocycles. The predicted molar refractivity (Wildman–Crippen MR) is 95.3 cm³/mol. The molecule has 0 radical (unpaired) electrons. The zero-order valence-corrected chi connectivity index (χ0v) is 15.0. The molecule has 0 saturated heterocycles. The highest BCUT2D eigenvalue weighted by Crippen LogP contribution is 2.30. The maximum atomic E-state index is 12.1. The third-order valence-corrected chi connectivity index (χ3v) is 4.80. The van der Waals surface area contributed by atoms with Gasteiger partial charge in [-0.2, -0.15) is 5.10 Å². The summed E-state index contributed by atoms with van der Waals surface area (Å²) in [6, 6.07) is 5.84. The van der Waals surface area contributed by atoms with Crippen LogP contribution < -0.4 is 5.32 Å². The number of carbonyl (C=O) groups is 1. The number of hydrogen-bond donors (Lipinski definition) is 2. The molecule has 134 valence electrons. The van der Waals surface area contributed by atoms with Gasteiger partial charge in [0, 0.05) is 18.4 Å². The Hall–Kier alpha value is -2.21. The lowest BCUT2D eigenvalue weighted by Gasteiger charge is -2.31. The number of nitrogens with zero attached hydrogens (tertiary/aromatic N) is 3. The molecule has 0 spiro atoms. The first kappa shape index (κ1) is 17.6. The Balaban J connectivity index is 1.55. The van der Waals surface area contributed by atoms with E-state index in [9.17, 15) is 9.90 Å². The maximum Gasteiger partial charge on any atom is 0.223 e. The fourth-order valence-electron chi connectivity index (χ4n) is 3.46. The standard InChI is InChI=1S/C19H26N4O2/c1-14-10-15(2)23(22-14)17-7-6-16(12-20-17)13-21-18(24)11-19(25)8-4-3-5-9-19/h6-7,10,12,25H,3-5,8-9,11,13H2,1-2H3,(H,21,24). The van der Waals surface area contributed by atoms with Crippen molar-refractivity contribution in [3.05, 3.63) is 41.3 Å². The van der Waals surface area contributed by atoms with Gasteiger partial charge >= 0.3 is 0 Å². The van der Waals surface area contributed by atoms with Crippen LogP contribution >= 0.6 is 0 Å². The van der Waals surface area contributed by atoms with Crippen molar-refractivity contribution in [1.29, 1.82) is 0 Å². The largest absolute Gasteiger partial charge is 0.389 e. The van der Waals surface area contributed by atoms with E-state index in [0.29, 0.717) is 6.54 Å². The average Bonchev–Trinajstić information content (AvgIpc) is 2.92. The number of nitrogens with one attached hydrogen (secondary N) is 1. The van der Waals surface area contributed by atoms with Gasteiger partial charge in [-0.15, -0.1) is 0 Å². The highest BCUT2D eigenvalue weighted by Gasteiger charge is 2.31. The molecule has 0 atom stereocenters. The molecular weight excluding hydrogens is 316 g/mol. The number of aliphatic hydroxyl groups is 1. The first-order valence-corrected chi connectivity index (χ1v) is 8.93. The van der Waals surface area contributed by atoms with Gasteiger partial charge in [-0.3, -0.25) is 4.79 Å². The number of aryl methyl sites for hydroxylation is 2. The monoisotopic (exact) mass is 342 g/mol. The van der Waals surface area contributed by atoms with Crippen LogP contribution in [-0.4, -0.2) is 31.4 Å². The molecule has 1 amide bonds. The van der Waals surface area contributed by atoms with Crippen molar-refractivity contribution in [3.8, 4) is 5.82 Å². The minimum atomic E-state index is -0.820. The molecular formula is C19H26N4O2. The van der Waals surface area contributed by atoms with Crippen molar-refractivity contribution >= 4 is 5.91 Å². The molecule has 1 aliphatic rings. The summed E-state index contributed by atoms with van der Waals surface area (Å²) in [4.78, 5) is 16.6. The van der Waals surface area contributed by atoms with Crippen LogP contribution in [0.25, 0.3) is 5.82 Å². The van der Waals surface area contributed by atoms with Gasteiger partial charge in [0.1, 0.15) is 0 Å². The van der Waals surface area contributed by atoms with E-state index in [1.165, 1.54) is 0 Å². The summed E-state index contributed by atoms with van der Waals surface area (Å²) in [5.41, 5.74) is 2.09. The number of amides is 1. The third kappa shape index (κ3) is 4.45. The number of pyridine rings is 1. The van der Waals surface area contributed by atoms with Crippen LogP contribution in [0.1, 0.15) is 55.5 Å². The van der Waals surface area contributed by atoms with Gasteiger partial charge in [-0.05, 0) is 44.4 Å². The van der Waals surface area contributed by atoms with Gasteiger partial charge in [0.25, 0.3) is 0 Å². The number of carbonyl (C=O) groups excluding carboxylic acids is 1. The zero-order chi connectivity index (χ0) is 17.9. The molecule has 1 saturated carbocycles. The van der Waals surface area contributed by atoms with E-state index in [1.54, 1.807) is 10.9 Å². The van der Waals surface area contributed by atoms with E-state index in [2.05, 4.69) is 15.4 Å². The molecule has 6 heteroatoms. The number of rotatable bonds is 5. The summed E-state index contributed by atoms with van der Waals surface area (Å²) in [7, 11) is 0. The number of aromatic nitrogens is 3. The predicted octanol–water partition coefficient (Wildman–Crippen LogP) is 2.59. The van der Waals surface area contributed by atoms with E-state index in [1.807, 2.05) is 32.0 Å². The van der Waals surface area contributed by atoms with Crippen molar-refractivity contribution in [1.82, 2.24) is 20.1 Å². The van der Waals surface area contributed by atoms with Gasteiger partial charge in [-0.1, -0.05) is 25.3 Å². The SMILES string of the molecule is Cc1cc(C)n(-c2ccc(CNC(=O)CC3(O)CCCCC3)cn2)n1. The Kier molecular flexibility index (Phi) is 5.18. The Morgan fingerprint density at radius 3 is 2.64 bits per heavy atom. The summed E-state index contributed by atoms with van der Waals surface area (Å²) in [5, 5.41) is 17.7. The topological polar surface area (TPSA) is 80.0 Å². The molecule has 0 unspecified atom stereocenters. The molecule has 0 bridgehead atoms. The fourth-order valence-corrected chi connectivity index (χ4v) is 3.46. The summed E-state index contributed by atoms with van der Waals surface area (Å²) in [6.45, 7) is 4.36. The van der Waals surface area contributed by atoms with Gasteiger partial charge in [-0.25, -0.2) is 9.67 Å². The maximum absolute atomic E-state index is 12.1. The zero-order valence-electron chi connectivity index (χ0n) is 15.0. The van der Waals surface area contributed by atoms with E-state index < -0.39 is 5.60 Å². The van der Waals surface area contributed by atoms with Crippen LogP contribution in [0.15, 0.2) is 24.4 Å². The highest BCUT2D eigenvalue weighted by atomic mass is 16.3. The molecule has 2 aromatic heterocycles. The smallest absolute Gasteiger partial charge is 0.223 e. The molecule has 6 nitrogen and oxygen atoms in total. The first-order chi connectivity index (χ1) is 12.0. The lowest BCUT2D eigenvalue weighted by molar-refractivity contribution is -0.127. The van der Waals surface area contributed by atoms with Crippen LogP contribution in [0.2, 0.25) is 0 Å². The van der Waals surface area contributed by atoms with E-state index in [4.69, 9.17) is 0 Å². The minimum Gasteiger partial charge on any atom is -0.389 e.